The van der Waals surface area contributed by atoms with Crippen molar-refractivity contribution in [1.29, 1.82) is 0 Å². The number of amides is 4. The van der Waals surface area contributed by atoms with Gasteiger partial charge in [0.25, 0.3) is 0 Å². The Kier molecular flexibility index (Phi) is 17.9. The number of hydrogen-bond acceptors (Lipinski definition) is 12. The molecule has 16 heteroatoms. The molecule has 0 radical (unpaired) electrons. The van der Waals surface area contributed by atoms with Gasteiger partial charge in [-0.05, 0) is 46.5 Å². The Morgan fingerprint density at radius 1 is 0.250 bits per heavy atom. The van der Waals surface area contributed by atoms with Crippen molar-refractivity contribution < 1.29 is 57.1 Å². The highest BCUT2D eigenvalue weighted by atomic mass is 16.5. The molecule has 12 bridgehead atoms. The van der Waals surface area contributed by atoms with E-state index in [0.29, 0.717) is 90.5 Å². The van der Waals surface area contributed by atoms with Crippen molar-refractivity contribution in [2.24, 2.45) is 0 Å². The first kappa shape index (κ1) is 59.8. The molecule has 2 heterocycles. The summed E-state index contributed by atoms with van der Waals surface area (Å²) in [5, 5.41) is 13.6. The first-order chi connectivity index (χ1) is 42.9. The van der Waals surface area contributed by atoms with Crippen LogP contribution in [0.5, 0.6) is 46.0 Å². The summed E-state index contributed by atoms with van der Waals surface area (Å²) >= 11 is 0. The second kappa shape index (κ2) is 26.3. The van der Waals surface area contributed by atoms with Gasteiger partial charge in [0.2, 0.25) is 23.6 Å². The van der Waals surface area contributed by atoms with Crippen molar-refractivity contribution in [2.75, 3.05) is 56.9 Å². The number of carbonyl (C=O) groups is 4. The van der Waals surface area contributed by atoms with Crippen LogP contribution in [-0.4, -0.2) is 80.5 Å². The molecule has 16 nitrogen and oxygen atoms in total. The zero-order valence-corrected chi connectivity index (χ0v) is 50.5. The zero-order valence-electron chi connectivity index (χ0n) is 50.5. The smallest absolute Gasteiger partial charge is 0.221 e. The lowest BCUT2D eigenvalue weighted by Crippen LogP contribution is -2.41. The topological polar surface area (TPSA) is 190 Å². The summed E-state index contributed by atoms with van der Waals surface area (Å²) in [5.74, 6) is -2.00. The molecule has 0 aromatic heterocycles. The van der Waals surface area contributed by atoms with Crippen LogP contribution in [0.15, 0.2) is 170 Å². The van der Waals surface area contributed by atoms with Crippen LogP contribution in [0.3, 0.4) is 0 Å². The number of nitrogens with one attached hydrogen (secondary N) is 4. The summed E-state index contributed by atoms with van der Waals surface area (Å²) in [6.07, 6.45) is -0.749. The Bertz CT molecular complexity index is 3370. The maximum Gasteiger partial charge on any atom is 0.221 e. The fourth-order valence-electron chi connectivity index (χ4n) is 13.3. The van der Waals surface area contributed by atoms with Gasteiger partial charge < -0.3 is 59.2 Å². The quantitative estimate of drug-likeness (QED) is 0.0907. The highest BCUT2D eigenvalue weighted by molar-refractivity contribution is 5.84. The predicted octanol–water partition coefficient (Wildman–Crippen LogP) is 11.6. The van der Waals surface area contributed by atoms with Crippen LogP contribution in [-0.2, 0) is 19.2 Å². The van der Waals surface area contributed by atoms with E-state index in [1.165, 1.54) is 0 Å². The molecule has 88 heavy (non-hydrogen) atoms. The van der Waals surface area contributed by atoms with E-state index in [-0.39, 0.29) is 49.3 Å². The van der Waals surface area contributed by atoms with Gasteiger partial charge in [-0.15, -0.1) is 0 Å². The molecule has 0 spiro atoms. The highest BCUT2D eigenvalue weighted by Gasteiger charge is 2.40. The molecule has 0 unspecified atom stereocenters. The molecular formula is C72H72N4O12. The molecular weight excluding hydrogens is 1110 g/mol. The number of fused-ring (bicyclic) bond motifs is 8. The van der Waals surface area contributed by atoms with Gasteiger partial charge in [0, 0.05) is 118 Å². The number of rotatable bonds is 12. The van der Waals surface area contributed by atoms with Crippen molar-refractivity contribution in [1.82, 2.24) is 21.3 Å². The van der Waals surface area contributed by atoms with Crippen LogP contribution in [0, 0.1) is 0 Å². The fourth-order valence-corrected chi connectivity index (χ4v) is 13.3. The number of ether oxygens (including phenoxy) is 8. The molecule has 11 rings (SSSR count). The molecule has 4 amide bonds. The molecule has 4 N–H and O–H groups in total. The third-order valence-corrected chi connectivity index (χ3v) is 17.5. The Morgan fingerprint density at radius 2 is 0.409 bits per heavy atom. The second-order valence-corrected chi connectivity index (χ2v) is 22.2. The van der Waals surface area contributed by atoms with Crippen LogP contribution >= 0.6 is 0 Å². The Labute approximate surface area is 512 Å². The van der Waals surface area contributed by atoms with Gasteiger partial charge >= 0.3 is 0 Å². The second-order valence-electron chi connectivity index (χ2n) is 22.2. The molecule has 0 saturated carbocycles. The van der Waals surface area contributed by atoms with Gasteiger partial charge in [-0.1, -0.05) is 121 Å². The molecule has 8 aromatic rings. The van der Waals surface area contributed by atoms with Gasteiger partial charge in [-0.2, -0.15) is 0 Å². The highest BCUT2D eigenvalue weighted by Crippen LogP contribution is 2.53. The lowest BCUT2D eigenvalue weighted by molar-refractivity contribution is -0.125. The average molecular weight is 1190 g/mol. The van der Waals surface area contributed by atoms with Crippen molar-refractivity contribution in [3.63, 3.8) is 0 Å². The van der Waals surface area contributed by atoms with Crippen molar-refractivity contribution in [3.05, 3.63) is 237 Å². The predicted molar refractivity (Wildman–Crippen MR) is 333 cm³/mol. The van der Waals surface area contributed by atoms with E-state index in [2.05, 4.69) is 21.3 Å². The van der Waals surface area contributed by atoms with Crippen molar-refractivity contribution in [3.8, 4) is 46.0 Å². The van der Waals surface area contributed by atoms with E-state index >= 15 is 19.2 Å². The molecule has 2 aliphatic heterocycles. The SMILES string of the molecule is COc1cc(OC)c2cc1C1CC(=O)N[C@H](c3ccccc3)[C@@H](c3ccccc3)NC(=O)CC2c2cc(c(OC)cc2OC)C2CC(=O)N[C@H](c3ccccc3)[C@@H](c3ccccc3)NC(=O)CC(c3cc2c(OC)cc3OC)c2cc1c(OC)cc2OC. The van der Waals surface area contributed by atoms with Crippen molar-refractivity contribution >= 4 is 23.6 Å². The van der Waals surface area contributed by atoms with Gasteiger partial charge in [0.05, 0.1) is 81.0 Å². The molecule has 0 fully saturated rings. The molecule has 452 valence electrons. The third kappa shape index (κ3) is 11.9. The van der Waals surface area contributed by atoms with E-state index in [1.807, 2.05) is 146 Å². The minimum atomic E-state index is -0.885. The van der Waals surface area contributed by atoms with Gasteiger partial charge in [0.1, 0.15) is 46.0 Å². The minimum absolute atomic E-state index is 0.187. The molecule has 3 aliphatic rings. The average Bonchev–Trinajstić information content (AvgIpc) is 1.41. The van der Waals surface area contributed by atoms with E-state index in [9.17, 15) is 0 Å². The summed E-state index contributed by atoms with van der Waals surface area (Å²) in [6, 6.07) is 50.0. The summed E-state index contributed by atoms with van der Waals surface area (Å²) < 4.78 is 51.0. The monoisotopic (exact) mass is 1180 g/mol. The van der Waals surface area contributed by atoms with Gasteiger partial charge in [0.15, 0.2) is 0 Å². The van der Waals surface area contributed by atoms with E-state index < -0.39 is 47.8 Å². The summed E-state index contributed by atoms with van der Waals surface area (Å²) in [4.78, 5) is 62.9. The van der Waals surface area contributed by atoms with Crippen LogP contribution in [0.4, 0.5) is 0 Å². The molecule has 8 aromatic carbocycles. The maximum atomic E-state index is 15.7. The first-order valence-corrected chi connectivity index (χ1v) is 29.3. The van der Waals surface area contributed by atoms with Crippen LogP contribution in [0.25, 0.3) is 0 Å². The van der Waals surface area contributed by atoms with Gasteiger partial charge in [-0.25, -0.2) is 0 Å². The Balaban J connectivity index is 1.29. The van der Waals surface area contributed by atoms with Gasteiger partial charge in [-0.3, -0.25) is 19.2 Å². The summed E-state index contributed by atoms with van der Waals surface area (Å²) in [7, 11) is 12.5. The summed E-state index contributed by atoms with van der Waals surface area (Å²) in [6.45, 7) is 0. The normalized spacial score (nSPS) is 21.0. The lowest BCUT2D eigenvalue weighted by Gasteiger charge is -2.31. The molecule has 4 atom stereocenters. The lowest BCUT2D eigenvalue weighted by atomic mass is 9.77. The largest absolute Gasteiger partial charge is 0.496 e. The maximum absolute atomic E-state index is 15.7. The Hall–Kier alpha value is -9.96. The fraction of sp³-hybridized carbons (Fsp3) is 0.278. The molecule has 0 saturated heterocycles. The minimum Gasteiger partial charge on any atom is -0.496 e. The third-order valence-electron chi connectivity index (χ3n) is 17.5. The zero-order chi connectivity index (χ0) is 61.6. The summed E-state index contributed by atoms with van der Waals surface area (Å²) in [5.41, 5.74) is 7.40. The first-order valence-electron chi connectivity index (χ1n) is 29.3. The van der Waals surface area contributed by atoms with E-state index in [1.54, 1.807) is 81.1 Å². The van der Waals surface area contributed by atoms with Crippen LogP contribution < -0.4 is 59.2 Å². The molecule has 1 aliphatic carbocycles. The van der Waals surface area contributed by atoms with E-state index in [4.69, 9.17) is 37.9 Å². The van der Waals surface area contributed by atoms with Crippen LogP contribution in [0.2, 0.25) is 0 Å². The Morgan fingerprint density at radius 3 is 0.557 bits per heavy atom. The number of carbonyl (C=O) groups excluding carboxylic acids is 4. The number of benzene rings is 8. The van der Waals surface area contributed by atoms with Crippen molar-refractivity contribution in [2.45, 2.75) is 73.5 Å². The standard InChI is InChI=1S/C72H72N4O12/c1-81-57-37-58(82-2)50-29-49(57)45-33-65(77)73-69(41-21-13-9-14-22-41)70(42-23-15-10-16-24-42)74-66(78)34-46(50)55-32-56(64(88-8)40-63(55)87-7)48-36-68(80)76-72(44-27-19-12-20-28-44)71(43-25-17-11-18-26-43)75-67(79)35-47(51-30-52(48)60(84-4)38-59(51)83-3)54-31-53(45)61(85-5)39-62(54)86-6/h9-32,37-40,45-48,69-72H,33-36H2,1-8H3,(H,73,77)(H,74,78)(H,75,79)(H,76,80)/t45?,46?,47?,48?,69-,70-,71-,72-/m1/s1. The van der Waals surface area contributed by atoms with E-state index in [0.717, 1.165) is 22.3 Å². The number of hydrogen-bond donors (Lipinski definition) is 4. The number of methoxy groups -OCH3 is 8. The van der Waals surface area contributed by atoms with Crippen LogP contribution in [0.1, 0.15) is 140 Å².